The molecule has 0 saturated heterocycles. The molecule has 0 heterocycles. The van der Waals surface area contributed by atoms with Gasteiger partial charge in [0.15, 0.2) is 0 Å². The van der Waals surface area contributed by atoms with Crippen LogP contribution in [0.4, 0.5) is 0 Å². The maximum atomic E-state index is 9.36. The molecule has 2 aliphatic rings. The van der Waals surface area contributed by atoms with Gasteiger partial charge in [-0.1, -0.05) is 0 Å². The van der Waals surface area contributed by atoms with E-state index in [1.54, 1.807) is 0 Å². The molecule has 2 fully saturated rings. The van der Waals surface area contributed by atoms with Gasteiger partial charge in [-0.05, 0) is 31.1 Å². The maximum Gasteiger partial charge on any atom is 0.0721 e. The van der Waals surface area contributed by atoms with Gasteiger partial charge in [-0.15, -0.1) is 0 Å². The molecule has 0 spiro atoms. The van der Waals surface area contributed by atoms with Crippen molar-refractivity contribution >= 4 is 0 Å². The molecule has 4 atom stereocenters. The van der Waals surface area contributed by atoms with Gasteiger partial charge in [0.2, 0.25) is 0 Å². The molecule has 2 bridgehead atoms. The Labute approximate surface area is 55.1 Å². The van der Waals surface area contributed by atoms with E-state index in [9.17, 15) is 5.11 Å². The number of hydrogen-bond acceptors (Lipinski definition) is 2. The minimum atomic E-state index is -0.177. The van der Waals surface area contributed by atoms with Crippen LogP contribution in [-0.4, -0.2) is 17.3 Å². The highest BCUT2D eigenvalue weighted by Crippen LogP contribution is 2.43. The second-order valence-corrected chi connectivity index (χ2v) is 3.40. The maximum absolute atomic E-state index is 9.36. The van der Waals surface area contributed by atoms with Crippen LogP contribution >= 0.6 is 0 Å². The molecule has 2 saturated carbocycles. The standard InChI is InChI=1S/C7H13NO/c8-6-4-1-2-5(3-4)7(6)9/h4-7,9H,1-3,8H2/t4-,5+,6+,7+/m1/s1. The summed E-state index contributed by atoms with van der Waals surface area (Å²) >= 11 is 0. The molecule has 0 amide bonds. The zero-order chi connectivity index (χ0) is 6.43. The summed E-state index contributed by atoms with van der Waals surface area (Å²) in [6.45, 7) is 0. The predicted molar refractivity (Wildman–Crippen MR) is 34.8 cm³/mol. The first-order valence-corrected chi connectivity index (χ1v) is 3.72. The monoisotopic (exact) mass is 127 g/mol. The molecule has 0 aromatic rings. The zero-order valence-electron chi connectivity index (χ0n) is 5.46. The quantitative estimate of drug-likeness (QED) is 0.485. The molecule has 0 unspecified atom stereocenters. The molecule has 52 valence electrons. The van der Waals surface area contributed by atoms with Crippen LogP contribution in [0.2, 0.25) is 0 Å². The lowest BCUT2D eigenvalue weighted by atomic mass is 9.94. The Bertz CT molecular complexity index is 108. The molecule has 0 aromatic heterocycles. The average molecular weight is 127 g/mol. The Kier molecular flexibility index (Phi) is 1.08. The molecule has 9 heavy (non-hydrogen) atoms. The fraction of sp³-hybridized carbons (Fsp3) is 1.00. The molecule has 2 aliphatic carbocycles. The molecular weight excluding hydrogens is 114 g/mol. The van der Waals surface area contributed by atoms with Crippen LogP contribution in [0.3, 0.4) is 0 Å². The lowest BCUT2D eigenvalue weighted by Crippen LogP contribution is -2.39. The van der Waals surface area contributed by atoms with E-state index in [1.807, 2.05) is 0 Å². The Morgan fingerprint density at radius 3 is 2.22 bits per heavy atom. The van der Waals surface area contributed by atoms with Crippen LogP contribution in [0.25, 0.3) is 0 Å². The van der Waals surface area contributed by atoms with Gasteiger partial charge in [-0.25, -0.2) is 0 Å². The zero-order valence-corrected chi connectivity index (χ0v) is 5.46. The SMILES string of the molecule is N[C@H]1[C@@H]2CC[C@@H](C2)[C@@H]1O. The summed E-state index contributed by atoms with van der Waals surface area (Å²) in [7, 11) is 0. The first-order valence-electron chi connectivity index (χ1n) is 3.72. The third kappa shape index (κ3) is 0.634. The molecule has 0 aromatic carbocycles. The number of aliphatic hydroxyl groups excluding tert-OH is 1. The van der Waals surface area contributed by atoms with Crippen molar-refractivity contribution < 1.29 is 5.11 Å². The summed E-state index contributed by atoms with van der Waals surface area (Å²) in [6, 6.07) is 0.101. The third-order valence-corrected chi connectivity index (χ3v) is 2.94. The van der Waals surface area contributed by atoms with Crippen LogP contribution in [0.15, 0.2) is 0 Å². The van der Waals surface area contributed by atoms with Gasteiger partial charge < -0.3 is 10.8 Å². The lowest BCUT2D eigenvalue weighted by molar-refractivity contribution is 0.0944. The van der Waals surface area contributed by atoms with Gasteiger partial charge in [0, 0.05) is 6.04 Å². The Balaban J connectivity index is 2.15. The van der Waals surface area contributed by atoms with Crippen LogP contribution in [-0.2, 0) is 0 Å². The van der Waals surface area contributed by atoms with E-state index >= 15 is 0 Å². The number of hydrogen-bond donors (Lipinski definition) is 2. The summed E-state index contributed by atoms with van der Waals surface area (Å²) in [4.78, 5) is 0. The number of nitrogens with two attached hydrogens (primary N) is 1. The molecule has 2 rings (SSSR count). The van der Waals surface area contributed by atoms with E-state index in [0.29, 0.717) is 11.8 Å². The van der Waals surface area contributed by atoms with Crippen molar-refractivity contribution in [2.45, 2.75) is 31.4 Å². The summed E-state index contributed by atoms with van der Waals surface area (Å²) in [5.74, 6) is 1.19. The van der Waals surface area contributed by atoms with Crippen molar-refractivity contribution in [2.24, 2.45) is 17.6 Å². The van der Waals surface area contributed by atoms with Crippen molar-refractivity contribution in [2.75, 3.05) is 0 Å². The number of aliphatic hydroxyl groups is 1. The highest BCUT2D eigenvalue weighted by atomic mass is 16.3. The van der Waals surface area contributed by atoms with Crippen molar-refractivity contribution in [1.82, 2.24) is 0 Å². The van der Waals surface area contributed by atoms with Crippen molar-refractivity contribution in [3.05, 3.63) is 0 Å². The van der Waals surface area contributed by atoms with Gasteiger partial charge in [-0.2, -0.15) is 0 Å². The smallest absolute Gasteiger partial charge is 0.0721 e. The van der Waals surface area contributed by atoms with Gasteiger partial charge in [0.25, 0.3) is 0 Å². The molecule has 0 radical (unpaired) electrons. The minimum Gasteiger partial charge on any atom is -0.391 e. The summed E-state index contributed by atoms with van der Waals surface area (Å²) in [5.41, 5.74) is 5.71. The second-order valence-electron chi connectivity index (χ2n) is 3.40. The minimum absolute atomic E-state index is 0.101. The molecule has 0 aliphatic heterocycles. The Morgan fingerprint density at radius 1 is 1.22 bits per heavy atom. The van der Waals surface area contributed by atoms with E-state index in [4.69, 9.17) is 5.73 Å². The summed E-state index contributed by atoms with van der Waals surface area (Å²) in [5, 5.41) is 9.36. The van der Waals surface area contributed by atoms with E-state index in [-0.39, 0.29) is 12.1 Å². The van der Waals surface area contributed by atoms with Gasteiger partial charge in [0.05, 0.1) is 6.10 Å². The first-order chi connectivity index (χ1) is 4.29. The third-order valence-electron chi connectivity index (χ3n) is 2.94. The average Bonchev–Trinajstić information content (AvgIpc) is 2.37. The van der Waals surface area contributed by atoms with E-state index in [1.165, 1.54) is 19.3 Å². The van der Waals surface area contributed by atoms with Gasteiger partial charge >= 0.3 is 0 Å². The van der Waals surface area contributed by atoms with E-state index < -0.39 is 0 Å². The lowest BCUT2D eigenvalue weighted by Gasteiger charge is -2.22. The Morgan fingerprint density at radius 2 is 1.89 bits per heavy atom. The highest BCUT2D eigenvalue weighted by Gasteiger charge is 2.44. The summed E-state index contributed by atoms with van der Waals surface area (Å²) < 4.78 is 0. The summed E-state index contributed by atoms with van der Waals surface area (Å²) in [6.07, 6.45) is 3.47. The van der Waals surface area contributed by atoms with Crippen LogP contribution in [0.1, 0.15) is 19.3 Å². The molecule has 2 heteroatoms. The molecule has 2 nitrogen and oxygen atoms in total. The largest absolute Gasteiger partial charge is 0.391 e. The van der Waals surface area contributed by atoms with Crippen LogP contribution < -0.4 is 5.73 Å². The highest BCUT2D eigenvalue weighted by molar-refractivity contribution is 4.98. The van der Waals surface area contributed by atoms with E-state index in [2.05, 4.69) is 0 Å². The molecule has 3 N–H and O–H groups in total. The number of fused-ring (bicyclic) bond motifs is 2. The topological polar surface area (TPSA) is 46.2 Å². The van der Waals surface area contributed by atoms with Gasteiger partial charge in [0.1, 0.15) is 0 Å². The van der Waals surface area contributed by atoms with Crippen molar-refractivity contribution in [3.8, 4) is 0 Å². The van der Waals surface area contributed by atoms with Gasteiger partial charge in [-0.3, -0.25) is 0 Å². The fourth-order valence-corrected chi connectivity index (χ4v) is 2.31. The predicted octanol–water partition coefficient (Wildman–Crippen LogP) is 0.104. The number of rotatable bonds is 0. The van der Waals surface area contributed by atoms with Crippen LogP contribution in [0.5, 0.6) is 0 Å². The van der Waals surface area contributed by atoms with Crippen molar-refractivity contribution in [1.29, 1.82) is 0 Å². The normalized spacial score (nSPS) is 56.7. The first kappa shape index (κ1) is 5.69. The fourth-order valence-electron chi connectivity index (χ4n) is 2.31. The molecular formula is C7H13NO. The van der Waals surface area contributed by atoms with Crippen LogP contribution in [0, 0.1) is 11.8 Å². The second kappa shape index (κ2) is 1.70. The van der Waals surface area contributed by atoms with Crippen molar-refractivity contribution in [3.63, 3.8) is 0 Å². The Hall–Kier alpha value is -0.0800. The van der Waals surface area contributed by atoms with E-state index in [0.717, 1.165) is 0 Å².